The Morgan fingerprint density at radius 2 is 1.96 bits per heavy atom. The van der Waals surface area contributed by atoms with Gasteiger partial charge in [-0.25, -0.2) is 0 Å². The second-order valence-corrected chi connectivity index (χ2v) is 5.95. The van der Waals surface area contributed by atoms with Gasteiger partial charge in [-0.2, -0.15) is 0 Å². The van der Waals surface area contributed by atoms with Crippen molar-refractivity contribution in [1.82, 2.24) is 4.90 Å². The van der Waals surface area contributed by atoms with Gasteiger partial charge in [-0.05, 0) is 50.8 Å². The van der Waals surface area contributed by atoms with Gasteiger partial charge in [-0.3, -0.25) is 4.79 Å². The van der Waals surface area contributed by atoms with E-state index in [0.29, 0.717) is 42.7 Å². The van der Waals surface area contributed by atoms with Crippen LogP contribution in [-0.4, -0.2) is 43.2 Å². The lowest BCUT2D eigenvalue weighted by Gasteiger charge is -2.39. The molecule has 1 heterocycles. The fraction of sp³-hybridized carbons (Fsp3) is 0.611. The standard InChI is InChI=1S/C18H28N2O3/c1-4-22-16-9-8-14(11-17(16)23-5-2)18(21)20-10-6-7-13(3)15(20)12-19/h8-9,11,13,15H,4-7,10,12,19H2,1-3H3. The maximum absolute atomic E-state index is 12.9. The summed E-state index contributed by atoms with van der Waals surface area (Å²) in [5.41, 5.74) is 6.53. The van der Waals surface area contributed by atoms with Crippen molar-refractivity contribution in [3.05, 3.63) is 23.8 Å². The summed E-state index contributed by atoms with van der Waals surface area (Å²) >= 11 is 0. The van der Waals surface area contributed by atoms with E-state index in [0.717, 1.165) is 19.4 Å². The van der Waals surface area contributed by atoms with E-state index >= 15 is 0 Å². The van der Waals surface area contributed by atoms with Crippen molar-refractivity contribution >= 4 is 5.91 Å². The molecule has 2 atom stereocenters. The minimum Gasteiger partial charge on any atom is -0.490 e. The molecule has 1 fully saturated rings. The van der Waals surface area contributed by atoms with Gasteiger partial charge < -0.3 is 20.1 Å². The number of carbonyl (C=O) groups is 1. The highest BCUT2D eigenvalue weighted by Gasteiger charge is 2.31. The number of rotatable bonds is 6. The van der Waals surface area contributed by atoms with Gasteiger partial charge in [-0.15, -0.1) is 0 Å². The molecule has 5 heteroatoms. The summed E-state index contributed by atoms with van der Waals surface area (Å²) < 4.78 is 11.2. The maximum Gasteiger partial charge on any atom is 0.254 e. The first-order valence-electron chi connectivity index (χ1n) is 8.53. The smallest absolute Gasteiger partial charge is 0.254 e. The molecule has 0 saturated carbocycles. The Morgan fingerprint density at radius 1 is 1.26 bits per heavy atom. The third kappa shape index (κ3) is 3.96. The lowest BCUT2D eigenvalue weighted by atomic mass is 9.90. The molecule has 1 aromatic rings. The van der Waals surface area contributed by atoms with Crippen LogP contribution in [0.2, 0.25) is 0 Å². The zero-order valence-electron chi connectivity index (χ0n) is 14.4. The molecule has 0 aliphatic carbocycles. The van der Waals surface area contributed by atoms with Crippen molar-refractivity contribution in [3.63, 3.8) is 0 Å². The summed E-state index contributed by atoms with van der Waals surface area (Å²) in [6.07, 6.45) is 2.15. The number of ether oxygens (including phenoxy) is 2. The molecule has 1 aliphatic rings. The molecular weight excluding hydrogens is 292 g/mol. The minimum atomic E-state index is 0.0241. The Kier molecular flexibility index (Phi) is 6.28. The summed E-state index contributed by atoms with van der Waals surface area (Å²) in [5.74, 6) is 1.76. The highest BCUT2D eigenvalue weighted by atomic mass is 16.5. The van der Waals surface area contributed by atoms with E-state index < -0.39 is 0 Å². The topological polar surface area (TPSA) is 64.8 Å². The van der Waals surface area contributed by atoms with Crippen LogP contribution in [0.25, 0.3) is 0 Å². The fourth-order valence-corrected chi connectivity index (χ4v) is 3.21. The molecule has 1 aliphatic heterocycles. The van der Waals surface area contributed by atoms with E-state index in [9.17, 15) is 4.79 Å². The summed E-state index contributed by atoms with van der Waals surface area (Å²) in [6, 6.07) is 5.51. The number of likely N-dealkylation sites (tertiary alicyclic amines) is 1. The molecule has 1 amide bonds. The molecule has 23 heavy (non-hydrogen) atoms. The van der Waals surface area contributed by atoms with Crippen molar-refractivity contribution in [2.24, 2.45) is 11.7 Å². The highest BCUT2D eigenvalue weighted by molar-refractivity contribution is 5.95. The number of benzene rings is 1. The molecule has 0 aromatic heterocycles. The van der Waals surface area contributed by atoms with E-state index in [1.54, 1.807) is 6.07 Å². The summed E-state index contributed by atoms with van der Waals surface area (Å²) in [7, 11) is 0. The predicted molar refractivity (Wildman–Crippen MR) is 91.1 cm³/mol. The number of carbonyl (C=O) groups excluding carboxylic acids is 1. The molecule has 2 unspecified atom stereocenters. The first-order chi connectivity index (χ1) is 11.1. The van der Waals surface area contributed by atoms with Gasteiger partial charge in [0.2, 0.25) is 0 Å². The molecule has 0 bridgehead atoms. The third-order valence-electron chi connectivity index (χ3n) is 4.41. The van der Waals surface area contributed by atoms with Crippen molar-refractivity contribution in [1.29, 1.82) is 0 Å². The van der Waals surface area contributed by atoms with Gasteiger partial charge >= 0.3 is 0 Å². The third-order valence-corrected chi connectivity index (χ3v) is 4.41. The quantitative estimate of drug-likeness (QED) is 0.875. The molecule has 128 valence electrons. The van der Waals surface area contributed by atoms with E-state index in [-0.39, 0.29) is 11.9 Å². The monoisotopic (exact) mass is 320 g/mol. The fourth-order valence-electron chi connectivity index (χ4n) is 3.21. The van der Waals surface area contributed by atoms with Crippen LogP contribution >= 0.6 is 0 Å². The van der Waals surface area contributed by atoms with E-state index in [2.05, 4.69) is 6.92 Å². The zero-order valence-corrected chi connectivity index (χ0v) is 14.4. The number of amides is 1. The average Bonchev–Trinajstić information content (AvgIpc) is 2.56. The van der Waals surface area contributed by atoms with Crippen LogP contribution in [0.4, 0.5) is 0 Å². The molecule has 0 radical (unpaired) electrons. The highest BCUT2D eigenvalue weighted by Crippen LogP contribution is 2.30. The maximum atomic E-state index is 12.9. The predicted octanol–water partition coefficient (Wildman–Crippen LogP) is 2.68. The molecule has 2 rings (SSSR count). The van der Waals surface area contributed by atoms with Crippen LogP contribution in [0.1, 0.15) is 44.0 Å². The van der Waals surface area contributed by atoms with Crippen molar-refractivity contribution in [3.8, 4) is 11.5 Å². The van der Waals surface area contributed by atoms with Gasteiger partial charge in [0.25, 0.3) is 5.91 Å². The van der Waals surface area contributed by atoms with Crippen LogP contribution in [0.5, 0.6) is 11.5 Å². The Bertz CT molecular complexity index is 533. The average molecular weight is 320 g/mol. The van der Waals surface area contributed by atoms with Crippen LogP contribution < -0.4 is 15.2 Å². The summed E-state index contributed by atoms with van der Waals surface area (Å²) in [5, 5.41) is 0. The van der Waals surface area contributed by atoms with Crippen molar-refractivity contribution < 1.29 is 14.3 Å². The van der Waals surface area contributed by atoms with Crippen molar-refractivity contribution in [2.45, 2.75) is 39.7 Å². The Labute approximate surface area is 138 Å². The molecule has 5 nitrogen and oxygen atoms in total. The molecule has 2 N–H and O–H groups in total. The number of piperidine rings is 1. The lowest BCUT2D eigenvalue weighted by Crippen LogP contribution is -2.51. The number of hydrogen-bond donors (Lipinski definition) is 1. The number of nitrogens with zero attached hydrogens (tertiary/aromatic N) is 1. The second kappa shape index (κ2) is 8.20. The van der Waals surface area contributed by atoms with Gasteiger partial charge in [0.05, 0.1) is 13.2 Å². The number of nitrogens with two attached hydrogens (primary N) is 1. The van der Waals surface area contributed by atoms with Crippen LogP contribution in [0.15, 0.2) is 18.2 Å². The molecule has 1 saturated heterocycles. The first-order valence-corrected chi connectivity index (χ1v) is 8.53. The largest absolute Gasteiger partial charge is 0.490 e. The molecule has 1 aromatic carbocycles. The SMILES string of the molecule is CCOc1ccc(C(=O)N2CCCC(C)C2CN)cc1OCC. The van der Waals surface area contributed by atoms with Gasteiger partial charge in [0.1, 0.15) is 0 Å². The second-order valence-electron chi connectivity index (χ2n) is 5.95. The van der Waals surface area contributed by atoms with Crippen LogP contribution in [0.3, 0.4) is 0 Å². The Hall–Kier alpha value is -1.75. The Balaban J connectivity index is 2.25. The Morgan fingerprint density at radius 3 is 2.61 bits per heavy atom. The minimum absolute atomic E-state index is 0.0241. The number of hydrogen-bond acceptors (Lipinski definition) is 4. The van der Waals surface area contributed by atoms with Crippen molar-refractivity contribution in [2.75, 3.05) is 26.3 Å². The van der Waals surface area contributed by atoms with E-state index in [1.807, 2.05) is 30.9 Å². The van der Waals surface area contributed by atoms with E-state index in [4.69, 9.17) is 15.2 Å². The lowest BCUT2D eigenvalue weighted by molar-refractivity contribution is 0.0532. The van der Waals surface area contributed by atoms with E-state index in [1.165, 1.54) is 0 Å². The summed E-state index contributed by atoms with van der Waals surface area (Å²) in [4.78, 5) is 14.8. The van der Waals surface area contributed by atoms with Gasteiger partial charge in [-0.1, -0.05) is 6.92 Å². The van der Waals surface area contributed by atoms with Crippen LogP contribution in [0, 0.1) is 5.92 Å². The normalized spacial score (nSPS) is 21.1. The zero-order chi connectivity index (χ0) is 16.8. The molecular formula is C18H28N2O3. The van der Waals surface area contributed by atoms with Gasteiger partial charge in [0.15, 0.2) is 11.5 Å². The first kappa shape index (κ1) is 17.6. The van der Waals surface area contributed by atoms with Crippen LogP contribution in [-0.2, 0) is 0 Å². The van der Waals surface area contributed by atoms with Gasteiger partial charge in [0, 0.05) is 24.7 Å². The summed E-state index contributed by atoms with van der Waals surface area (Å²) in [6.45, 7) is 8.37. The molecule has 0 spiro atoms.